The van der Waals surface area contributed by atoms with E-state index in [0.717, 1.165) is 60.5 Å². The molecule has 9 heteroatoms. The number of fused-ring (bicyclic) bond motifs is 2. The van der Waals surface area contributed by atoms with Gasteiger partial charge in [-0.3, -0.25) is 0 Å². The Hall–Kier alpha value is -3.20. The van der Waals surface area contributed by atoms with Gasteiger partial charge in [0, 0.05) is 37.1 Å². The largest absolute Gasteiger partial charge is 0.375 e. The Morgan fingerprint density at radius 3 is 2.67 bits per heavy atom. The summed E-state index contributed by atoms with van der Waals surface area (Å²) in [6.07, 6.45) is 11.2. The molecular weight excluding hydrogens is 380 g/mol. The second-order valence-corrected chi connectivity index (χ2v) is 8.20. The van der Waals surface area contributed by atoms with E-state index in [9.17, 15) is 0 Å². The van der Waals surface area contributed by atoms with Crippen LogP contribution in [-0.2, 0) is 4.74 Å². The zero-order valence-electron chi connectivity index (χ0n) is 16.9. The van der Waals surface area contributed by atoms with E-state index in [1.807, 2.05) is 42.2 Å². The van der Waals surface area contributed by atoms with E-state index in [-0.39, 0.29) is 5.60 Å². The number of hydrogen-bond acceptors (Lipinski definition) is 7. The molecule has 154 valence electrons. The molecule has 1 spiro atoms. The summed E-state index contributed by atoms with van der Waals surface area (Å²) in [5.74, 6) is 1.42. The van der Waals surface area contributed by atoms with Crippen molar-refractivity contribution in [1.29, 1.82) is 0 Å². The maximum Gasteiger partial charge on any atom is 0.243 e. The molecule has 0 atom stereocenters. The predicted molar refractivity (Wildman–Crippen MR) is 114 cm³/mol. The van der Waals surface area contributed by atoms with Gasteiger partial charge in [0.1, 0.15) is 5.52 Å². The summed E-state index contributed by atoms with van der Waals surface area (Å²) in [6, 6.07) is 6.26. The number of rotatable bonds is 4. The summed E-state index contributed by atoms with van der Waals surface area (Å²) in [5.41, 5.74) is 3.73. The summed E-state index contributed by atoms with van der Waals surface area (Å²) in [6.45, 7) is 0.919. The first kappa shape index (κ1) is 17.6. The first-order valence-corrected chi connectivity index (χ1v) is 10.5. The van der Waals surface area contributed by atoms with Gasteiger partial charge in [0.2, 0.25) is 5.95 Å². The molecule has 9 nitrogen and oxygen atoms in total. The number of ether oxygens (including phenoxy) is 1. The zero-order chi connectivity index (χ0) is 20.1. The van der Waals surface area contributed by atoms with Crippen molar-refractivity contribution in [2.45, 2.75) is 43.7 Å². The Kier molecular flexibility index (Phi) is 3.92. The summed E-state index contributed by atoms with van der Waals surface area (Å²) in [4.78, 5) is 9.49. The maximum absolute atomic E-state index is 5.83. The molecule has 0 aromatic carbocycles. The Balaban J connectivity index is 1.31. The Labute approximate surface area is 173 Å². The molecule has 2 N–H and O–H groups in total. The number of nitrogens with one attached hydrogen (secondary N) is 2. The molecular formula is C21H24N8O. The molecule has 0 amide bonds. The van der Waals surface area contributed by atoms with E-state index in [1.165, 1.54) is 6.42 Å². The predicted octanol–water partition coefficient (Wildman–Crippen LogP) is 2.99. The second-order valence-electron chi connectivity index (χ2n) is 8.20. The monoisotopic (exact) mass is 404 g/mol. The van der Waals surface area contributed by atoms with Gasteiger partial charge >= 0.3 is 0 Å². The molecule has 1 saturated heterocycles. The highest BCUT2D eigenvalue weighted by Crippen LogP contribution is 2.41. The van der Waals surface area contributed by atoms with Crippen LogP contribution in [0.4, 0.5) is 11.8 Å². The first-order valence-electron chi connectivity index (χ1n) is 10.5. The van der Waals surface area contributed by atoms with Crippen molar-refractivity contribution < 1.29 is 4.74 Å². The van der Waals surface area contributed by atoms with Gasteiger partial charge < -0.3 is 15.4 Å². The molecule has 4 aromatic heterocycles. The fourth-order valence-corrected chi connectivity index (χ4v) is 4.69. The lowest BCUT2D eigenvalue weighted by Crippen LogP contribution is -2.48. The molecule has 2 fully saturated rings. The Morgan fingerprint density at radius 2 is 1.90 bits per heavy atom. The van der Waals surface area contributed by atoms with Crippen molar-refractivity contribution in [2.24, 2.45) is 0 Å². The molecule has 0 unspecified atom stereocenters. The fraction of sp³-hybridized carbons (Fsp3) is 0.429. The quantitative estimate of drug-likeness (QED) is 0.540. The summed E-state index contributed by atoms with van der Waals surface area (Å²) >= 11 is 0. The van der Waals surface area contributed by atoms with Crippen LogP contribution >= 0.6 is 0 Å². The highest BCUT2D eigenvalue weighted by Gasteiger charge is 2.41. The molecule has 4 aromatic rings. The van der Waals surface area contributed by atoms with Crippen molar-refractivity contribution in [3.05, 3.63) is 36.8 Å². The van der Waals surface area contributed by atoms with Gasteiger partial charge in [0.25, 0.3) is 0 Å². The Bertz CT molecular complexity index is 1210. The normalized spacial score (nSPS) is 23.7. The molecule has 30 heavy (non-hydrogen) atoms. The SMILES string of the molecule is CNc1nc(NC2CCC3(CCO3)CC2)nn2ccc(-c3ccn4nccc4n3)c12. The third-order valence-corrected chi connectivity index (χ3v) is 6.48. The summed E-state index contributed by atoms with van der Waals surface area (Å²) in [5, 5.41) is 15.7. The third kappa shape index (κ3) is 2.80. The lowest BCUT2D eigenvalue weighted by Gasteiger charge is -2.46. The van der Waals surface area contributed by atoms with Crippen LogP contribution in [0.3, 0.4) is 0 Å². The second kappa shape index (κ2) is 6.66. The van der Waals surface area contributed by atoms with Gasteiger partial charge in [0.05, 0.1) is 24.1 Å². The topological polar surface area (TPSA) is 93.7 Å². The number of anilines is 2. The molecule has 1 aliphatic heterocycles. The van der Waals surface area contributed by atoms with Crippen LogP contribution in [-0.4, -0.2) is 54.5 Å². The van der Waals surface area contributed by atoms with E-state index >= 15 is 0 Å². The highest BCUT2D eigenvalue weighted by molar-refractivity contribution is 5.87. The van der Waals surface area contributed by atoms with Crippen molar-refractivity contribution >= 4 is 22.9 Å². The van der Waals surface area contributed by atoms with Gasteiger partial charge in [-0.1, -0.05) is 0 Å². The molecule has 1 aliphatic carbocycles. The van der Waals surface area contributed by atoms with Gasteiger partial charge in [-0.2, -0.15) is 10.1 Å². The zero-order valence-corrected chi connectivity index (χ0v) is 16.9. The lowest BCUT2D eigenvalue weighted by molar-refractivity contribution is -0.165. The van der Waals surface area contributed by atoms with Crippen molar-refractivity contribution in [3.63, 3.8) is 0 Å². The van der Waals surface area contributed by atoms with Crippen LogP contribution < -0.4 is 10.6 Å². The van der Waals surface area contributed by atoms with E-state index in [1.54, 1.807) is 10.7 Å². The minimum absolute atomic E-state index is 0.165. The third-order valence-electron chi connectivity index (χ3n) is 6.48. The van der Waals surface area contributed by atoms with Gasteiger partial charge in [0.15, 0.2) is 11.5 Å². The van der Waals surface area contributed by atoms with Gasteiger partial charge in [-0.05, 0) is 44.2 Å². The van der Waals surface area contributed by atoms with E-state index in [4.69, 9.17) is 19.8 Å². The summed E-state index contributed by atoms with van der Waals surface area (Å²) < 4.78 is 9.46. The lowest BCUT2D eigenvalue weighted by atomic mass is 9.77. The van der Waals surface area contributed by atoms with Crippen LogP contribution in [0.15, 0.2) is 36.8 Å². The standard InChI is InChI=1S/C21H24N8O/c1-22-19-18-15(16-6-12-28-17(25-16)4-10-23-28)5-11-29(18)27-20(26-19)24-14-2-7-21(8-3-14)9-13-30-21/h4-6,10-12,14H,2-3,7-9,13H2,1H3,(H2,22,24,26,27). The van der Waals surface area contributed by atoms with Gasteiger partial charge in [-0.25, -0.2) is 14.0 Å². The van der Waals surface area contributed by atoms with E-state index < -0.39 is 0 Å². The van der Waals surface area contributed by atoms with Crippen molar-refractivity contribution in [2.75, 3.05) is 24.3 Å². The summed E-state index contributed by atoms with van der Waals surface area (Å²) in [7, 11) is 1.88. The van der Waals surface area contributed by atoms with Crippen molar-refractivity contribution in [1.82, 2.24) is 29.2 Å². The molecule has 1 saturated carbocycles. The fourth-order valence-electron chi connectivity index (χ4n) is 4.69. The van der Waals surface area contributed by atoms with Crippen LogP contribution in [0, 0.1) is 0 Å². The van der Waals surface area contributed by atoms with Crippen molar-refractivity contribution in [3.8, 4) is 11.3 Å². The van der Waals surface area contributed by atoms with Crippen LogP contribution in [0.25, 0.3) is 22.4 Å². The van der Waals surface area contributed by atoms with E-state index in [2.05, 4.69) is 15.7 Å². The molecule has 6 rings (SSSR count). The van der Waals surface area contributed by atoms with Crippen LogP contribution in [0.5, 0.6) is 0 Å². The van der Waals surface area contributed by atoms with Crippen LogP contribution in [0.1, 0.15) is 32.1 Å². The number of nitrogens with zero attached hydrogens (tertiary/aromatic N) is 6. The average molecular weight is 404 g/mol. The minimum Gasteiger partial charge on any atom is -0.375 e. The van der Waals surface area contributed by atoms with Gasteiger partial charge in [-0.15, -0.1) is 5.10 Å². The van der Waals surface area contributed by atoms with Crippen LogP contribution in [0.2, 0.25) is 0 Å². The molecule has 0 bridgehead atoms. The highest BCUT2D eigenvalue weighted by atomic mass is 16.5. The van der Waals surface area contributed by atoms with E-state index in [0.29, 0.717) is 12.0 Å². The molecule has 2 aliphatic rings. The number of hydrogen-bond donors (Lipinski definition) is 2. The number of aromatic nitrogens is 6. The average Bonchev–Trinajstić information content (AvgIpc) is 3.39. The Morgan fingerprint density at radius 1 is 1.07 bits per heavy atom. The molecule has 5 heterocycles. The smallest absolute Gasteiger partial charge is 0.243 e. The first-order chi connectivity index (χ1) is 14.7. The maximum atomic E-state index is 5.83. The molecule has 0 radical (unpaired) electrons. The minimum atomic E-state index is 0.165.